The highest BCUT2D eigenvalue weighted by molar-refractivity contribution is 6.30. The zero-order valence-electron chi connectivity index (χ0n) is 15.8. The molecule has 3 heteroatoms. The SMILES string of the molecule is CC1(C)c2ccccc2-c2c(N(c3ccccc3)c3cccc(Cl)c3)coc21. The van der Waals surface area contributed by atoms with E-state index >= 15 is 0 Å². The second kappa shape index (κ2) is 6.29. The second-order valence-electron chi connectivity index (χ2n) is 7.65. The summed E-state index contributed by atoms with van der Waals surface area (Å²) in [5.41, 5.74) is 6.62. The minimum atomic E-state index is -0.166. The third-order valence-electron chi connectivity index (χ3n) is 5.53. The highest BCUT2D eigenvalue weighted by atomic mass is 35.5. The van der Waals surface area contributed by atoms with Crippen molar-refractivity contribution < 1.29 is 4.42 Å². The maximum Gasteiger partial charge on any atom is 0.123 e. The van der Waals surface area contributed by atoms with E-state index in [0.29, 0.717) is 5.02 Å². The Labute approximate surface area is 170 Å². The number of rotatable bonds is 3. The van der Waals surface area contributed by atoms with Gasteiger partial charge in [-0.15, -0.1) is 0 Å². The third kappa shape index (κ3) is 2.49. The molecule has 0 bridgehead atoms. The molecule has 138 valence electrons. The van der Waals surface area contributed by atoms with Gasteiger partial charge in [-0.2, -0.15) is 0 Å². The van der Waals surface area contributed by atoms with Crippen molar-refractivity contribution in [2.45, 2.75) is 19.3 Å². The van der Waals surface area contributed by atoms with Gasteiger partial charge in [0.1, 0.15) is 12.0 Å². The van der Waals surface area contributed by atoms with Gasteiger partial charge in [0.15, 0.2) is 0 Å². The Morgan fingerprint density at radius 2 is 1.54 bits per heavy atom. The molecule has 0 atom stereocenters. The molecule has 0 unspecified atom stereocenters. The number of furan rings is 1. The largest absolute Gasteiger partial charge is 0.465 e. The van der Waals surface area contributed by atoms with Crippen LogP contribution in [0.5, 0.6) is 0 Å². The van der Waals surface area contributed by atoms with Crippen LogP contribution in [0.25, 0.3) is 11.1 Å². The topological polar surface area (TPSA) is 16.4 Å². The van der Waals surface area contributed by atoms with E-state index < -0.39 is 0 Å². The second-order valence-corrected chi connectivity index (χ2v) is 8.08. The average molecular weight is 386 g/mol. The fourth-order valence-corrected chi connectivity index (χ4v) is 4.41. The molecule has 5 rings (SSSR count). The Hall–Kier alpha value is -2.97. The van der Waals surface area contributed by atoms with E-state index in [1.807, 2.05) is 42.7 Å². The van der Waals surface area contributed by atoms with Crippen LogP contribution in [0.3, 0.4) is 0 Å². The molecule has 0 saturated heterocycles. The third-order valence-corrected chi connectivity index (χ3v) is 5.77. The molecule has 0 fully saturated rings. The minimum absolute atomic E-state index is 0.166. The molecule has 0 spiro atoms. The molecule has 1 aromatic heterocycles. The van der Waals surface area contributed by atoms with Crippen LogP contribution in [0.1, 0.15) is 25.2 Å². The van der Waals surface area contributed by atoms with Crippen molar-refractivity contribution in [1.82, 2.24) is 0 Å². The van der Waals surface area contributed by atoms with E-state index in [9.17, 15) is 0 Å². The molecule has 3 aromatic carbocycles. The van der Waals surface area contributed by atoms with Crippen LogP contribution in [-0.4, -0.2) is 0 Å². The number of halogens is 1. The molecule has 0 amide bonds. The van der Waals surface area contributed by atoms with E-state index in [1.165, 1.54) is 11.1 Å². The van der Waals surface area contributed by atoms with E-state index in [4.69, 9.17) is 16.0 Å². The standard InChI is InChI=1S/C25H20ClNO/c1-25(2)21-14-7-6-13-20(21)23-22(16-28-24(23)25)27(18-10-4-3-5-11-18)19-12-8-9-17(26)15-19/h3-16H,1-2H3. The highest BCUT2D eigenvalue weighted by Crippen LogP contribution is 2.55. The van der Waals surface area contributed by atoms with Gasteiger partial charge in [-0.25, -0.2) is 0 Å². The van der Waals surface area contributed by atoms with Gasteiger partial charge >= 0.3 is 0 Å². The lowest BCUT2D eigenvalue weighted by Crippen LogP contribution is -2.14. The quantitative estimate of drug-likeness (QED) is 0.359. The summed E-state index contributed by atoms with van der Waals surface area (Å²) in [5.74, 6) is 1.01. The normalized spacial score (nSPS) is 13.8. The maximum atomic E-state index is 6.33. The Bertz CT molecular complexity index is 1160. The molecule has 4 aromatic rings. The molecule has 0 N–H and O–H groups in total. The predicted molar refractivity (Wildman–Crippen MR) is 116 cm³/mol. The lowest BCUT2D eigenvalue weighted by atomic mass is 9.86. The zero-order valence-corrected chi connectivity index (χ0v) is 16.6. The van der Waals surface area contributed by atoms with Crippen LogP contribution in [0.4, 0.5) is 17.1 Å². The van der Waals surface area contributed by atoms with E-state index in [2.05, 4.69) is 61.2 Å². The Balaban J connectivity index is 1.78. The molecule has 1 aliphatic carbocycles. The van der Waals surface area contributed by atoms with E-state index in [0.717, 1.165) is 28.4 Å². The van der Waals surface area contributed by atoms with Crippen LogP contribution in [0, 0.1) is 0 Å². The van der Waals surface area contributed by atoms with Crippen molar-refractivity contribution in [2.24, 2.45) is 0 Å². The summed E-state index contributed by atoms with van der Waals surface area (Å²) in [4.78, 5) is 2.21. The van der Waals surface area contributed by atoms with Crippen molar-refractivity contribution in [2.75, 3.05) is 4.90 Å². The number of anilines is 3. The van der Waals surface area contributed by atoms with Gasteiger partial charge < -0.3 is 9.32 Å². The zero-order chi connectivity index (χ0) is 19.3. The van der Waals surface area contributed by atoms with Crippen LogP contribution < -0.4 is 4.90 Å². The molecule has 1 aliphatic rings. The summed E-state index contributed by atoms with van der Waals surface area (Å²) >= 11 is 6.33. The van der Waals surface area contributed by atoms with Crippen molar-refractivity contribution in [1.29, 1.82) is 0 Å². The minimum Gasteiger partial charge on any atom is -0.465 e. The molecule has 0 radical (unpaired) electrons. The summed E-state index contributed by atoms with van der Waals surface area (Å²) in [7, 11) is 0. The number of fused-ring (bicyclic) bond motifs is 3. The van der Waals surface area contributed by atoms with Crippen molar-refractivity contribution in [3.8, 4) is 11.1 Å². The molecular weight excluding hydrogens is 366 g/mol. The predicted octanol–water partition coefficient (Wildman–Crippen LogP) is 7.71. The summed E-state index contributed by atoms with van der Waals surface area (Å²) in [6, 6.07) is 26.8. The smallest absolute Gasteiger partial charge is 0.123 e. The number of benzene rings is 3. The van der Waals surface area contributed by atoms with Crippen molar-refractivity contribution in [3.63, 3.8) is 0 Å². The number of para-hydroxylation sites is 1. The highest BCUT2D eigenvalue weighted by Gasteiger charge is 2.41. The van der Waals surface area contributed by atoms with Crippen molar-refractivity contribution in [3.05, 3.63) is 101 Å². The first-order valence-electron chi connectivity index (χ1n) is 9.40. The van der Waals surface area contributed by atoms with Crippen LogP contribution in [0.15, 0.2) is 89.5 Å². The average Bonchev–Trinajstić information content (AvgIpc) is 3.23. The van der Waals surface area contributed by atoms with Gasteiger partial charge in [-0.3, -0.25) is 0 Å². The lowest BCUT2D eigenvalue weighted by Gasteiger charge is -2.25. The van der Waals surface area contributed by atoms with Gasteiger partial charge in [0.25, 0.3) is 0 Å². The fourth-order valence-electron chi connectivity index (χ4n) is 4.22. The molecule has 0 aliphatic heterocycles. The summed E-state index contributed by atoms with van der Waals surface area (Å²) in [5, 5.41) is 0.708. The number of hydrogen-bond acceptors (Lipinski definition) is 2. The molecular formula is C25H20ClNO. The lowest BCUT2D eigenvalue weighted by molar-refractivity contribution is 0.439. The monoisotopic (exact) mass is 385 g/mol. The van der Waals surface area contributed by atoms with Gasteiger partial charge in [0.05, 0.1) is 5.69 Å². The first-order valence-corrected chi connectivity index (χ1v) is 9.78. The Kier molecular flexibility index (Phi) is 3.85. The number of nitrogens with zero attached hydrogens (tertiary/aromatic N) is 1. The van der Waals surface area contributed by atoms with Gasteiger partial charge in [0, 0.05) is 27.4 Å². The van der Waals surface area contributed by atoms with Crippen molar-refractivity contribution >= 4 is 28.7 Å². The molecule has 0 saturated carbocycles. The van der Waals surface area contributed by atoms with Crippen LogP contribution in [-0.2, 0) is 5.41 Å². The maximum absolute atomic E-state index is 6.33. The van der Waals surface area contributed by atoms with E-state index in [-0.39, 0.29) is 5.41 Å². The molecule has 1 heterocycles. The summed E-state index contributed by atoms with van der Waals surface area (Å²) in [6.07, 6.45) is 1.87. The van der Waals surface area contributed by atoms with Crippen LogP contribution >= 0.6 is 11.6 Å². The number of hydrogen-bond donors (Lipinski definition) is 0. The summed E-state index contributed by atoms with van der Waals surface area (Å²) < 4.78 is 6.18. The van der Waals surface area contributed by atoms with Gasteiger partial charge in [-0.1, -0.05) is 60.1 Å². The molecule has 2 nitrogen and oxygen atoms in total. The summed E-state index contributed by atoms with van der Waals surface area (Å²) in [6.45, 7) is 4.44. The van der Waals surface area contributed by atoms with Gasteiger partial charge in [-0.05, 0) is 55.3 Å². The first-order chi connectivity index (χ1) is 13.6. The van der Waals surface area contributed by atoms with E-state index in [1.54, 1.807) is 0 Å². The van der Waals surface area contributed by atoms with Gasteiger partial charge in [0.2, 0.25) is 0 Å². The fraction of sp³-hybridized carbons (Fsp3) is 0.120. The molecule has 28 heavy (non-hydrogen) atoms. The Morgan fingerprint density at radius 3 is 2.32 bits per heavy atom. The van der Waals surface area contributed by atoms with Crippen LogP contribution in [0.2, 0.25) is 5.02 Å². The Morgan fingerprint density at radius 1 is 0.821 bits per heavy atom. The first kappa shape index (κ1) is 17.2.